The molecule has 0 aromatic carbocycles. The standard InChI is InChI=1S/C12H17N5S.ClH/c1-16-7-9(5-15-16)11-3-2-4-17(11)8-10-6-14-12(13)18-10;/h5-7,11H,2-4,8H2,1H3,(H2,13,14);1H. The number of rotatable bonds is 3. The highest BCUT2D eigenvalue weighted by Gasteiger charge is 2.27. The Morgan fingerprint density at radius 1 is 1.47 bits per heavy atom. The van der Waals surface area contributed by atoms with Crippen LogP contribution in [0.4, 0.5) is 5.13 Å². The van der Waals surface area contributed by atoms with Crippen molar-refractivity contribution < 1.29 is 0 Å². The number of hydrogen-bond acceptors (Lipinski definition) is 5. The number of aromatic nitrogens is 3. The highest BCUT2D eigenvalue weighted by Crippen LogP contribution is 2.33. The molecule has 19 heavy (non-hydrogen) atoms. The summed E-state index contributed by atoms with van der Waals surface area (Å²) < 4.78 is 1.87. The third-order valence-electron chi connectivity index (χ3n) is 3.40. The van der Waals surface area contributed by atoms with Crippen molar-refractivity contribution in [2.75, 3.05) is 12.3 Å². The van der Waals surface area contributed by atoms with Gasteiger partial charge in [-0.2, -0.15) is 5.10 Å². The molecule has 0 bridgehead atoms. The monoisotopic (exact) mass is 299 g/mol. The second-order valence-corrected chi connectivity index (χ2v) is 5.89. The third kappa shape index (κ3) is 3.08. The van der Waals surface area contributed by atoms with Gasteiger partial charge < -0.3 is 5.73 Å². The van der Waals surface area contributed by atoms with Crippen LogP contribution in [0.25, 0.3) is 0 Å². The number of nitrogens with two attached hydrogens (primary N) is 1. The van der Waals surface area contributed by atoms with Crippen LogP contribution < -0.4 is 5.73 Å². The Balaban J connectivity index is 0.00000133. The average molecular weight is 300 g/mol. The maximum Gasteiger partial charge on any atom is 0.180 e. The number of nitrogen functional groups attached to an aromatic ring is 1. The van der Waals surface area contributed by atoms with Gasteiger partial charge in [0.15, 0.2) is 5.13 Å². The fourth-order valence-electron chi connectivity index (χ4n) is 2.60. The number of halogens is 1. The maximum absolute atomic E-state index is 5.68. The fourth-order valence-corrected chi connectivity index (χ4v) is 3.31. The molecule has 1 aliphatic heterocycles. The van der Waals surface area contributed by atoms with Gasteiger partial charge in [-0.3, -0.25) is 9.58 Å². The van der Waals surface area contributed by atoms with Crippen molar-refractivity contribution in [1.29, 1.82) is 0 Å². The molecule has 0 spiro atoms. The molecule has 3 heterocycles. The van der Waals surface area contributed by atoms with Crippen LogP contribution in [0.2, 0.25) is 0 Å². The molecule has 1 unspecified atom stereocenters. The topological polar surface area (TPSA) is 60.0 Å². The molecule has 1 aliphatic rings. The van der Waals surface area contributed by atoms with E-state index in [1.165, 1.54) is 23.3 Å². The van der Waals surface area contributed by atoms with Crippen molar-refractivity contribution in [3.8, 4) is 0 Å². The summed E-state index contributed by atoms with van der Waals surface area (Å²) >= 11 is 1.58. The minimum Gasteiger partial charge on any atom is -0.375 e. The molecule has 2 N–H and O–H groups in total. The van der Waals surface area contributed by atoms with Gasteiger partial charge in [-0.25, -0.2) is 4.98 Å². The molecule has 0 saturated carbocycles. The van der Waals surface area contributed by atoms with E-state index in [4.69, 9.17) is 5.73 Å². The lowest BCUT2D eigenvalue weighted by atomic mass is 10.1. The minimum absolute atomic E-state index is 0. The van der Waals surface area contributed by atoms with E-state index in [0.717, 1.165) is 13.1 Å². The summed E-state index contributed by atoms with van der Waals surface area (Å²) in [5.74, 6) is 0. The lowest BCUT2D eigenvalue weighted by molar-refractivity contribution is 0.250. The van der Waals surface area contributed by atoms with Crippen LogP contribution in [-0.4, -0.2) is 26.2 Å². The Morgan fingerprint density at radius 2 is 2.32 bits per heavy atom. The Labute approximate surface area is 122 Å². The number of aryl methyl sites for hydroxylation is 1. The number of hydrogen-bond donors (Lipinski definition) is 1. The summed E-state index contributed by atoms with van der Waals surface area (Å²) in [7, 11) is 1.96. The first-order valence-electron chi connectivity index (χ1n) is 6.15. The Kier molecular flexibility index (Phi) is 4.44. The van der Waals surface area contributed by atoms with Gasteiger partial charge in [0.2, 0.25) is 0 Å². The van der Waals surface area contributed by atoms with E-state index in [9.17, 15) is 0 Å². The minimum atomic E-state index is 0. The molecule has 3 rings (SSSR count). The molecule has 2 aromatic heterocycles. The van der Waals surface area contributed by atoms with Gasteiger partial charge >= 0.3 is 0 Å². The third-order valence-corrected chi connectivity index (χ3v) is 4.21. The van der Waals surface area contributed by atoms with Crippen LogP contribution >= 0.6 is 23.7 Å². The first-order chi connectivity index (χ1) is 8.72. The smallest absolute Gasteiger partial charge is 0.180 e. The molecule has 0 radical (unpaired) electrons. The maximum atomic E-state index is 5.68. The van der Waals surface area contributed by atoms with E-state index in [1.54, 1.807) is 11.3 Å². The highest BCUT2D eigenvalue weighted by atomic mass is 35.5. The zero-order valence-electron chi connectivity index (χ0n) is 10.8. The van der Waals surface area contributed by atoms with E-state index in [-0.39, 0.29) is 12.4 Å². The van der Waals surface area contributed by atoms with Gasteiger partial charge in [-0.05, 0) is 19.4 Å². The van der Waals surface area contributed by atoms with E-state index < -0.39 is 0 Å². The van der Waals surface area contributed by atoms with Crippen LogP contribution in [0.5, 0.6) is 0 Å². The van der Waals surface area contributed by atoms with Crippen LogP contribution in [0, 0.1) is 0 Å². The van der Waals surface area contributed by atoms with E-state index in [1.807, 2.05) is 24.1 Å². The van der Waals surface area contributed by atoms with Gasteiger partial charge in [0, 0.05) is 42.5 Å². The first kappa shape index (κ1) is 14.3. The quantitative estimate of drug-likeness (QED) is 0.944. The van der Waals surface area contributed by atoms with Crippen LogP contribution in [0.3, 0.4) is 0 Å². The number of likely N-dealkylation sites (tertiary alicyclic amines) is 1. The molecular weight excluding hydrogens is 282 g/mol. The number of nitrogens with zero attached hydrogens (tertiary/aromatic N) is 4. The van der Waals surface area contributed by atoms with Crippen LogP contribution in [0.1, 0.15) is 29.3 Å². The summed E-state index contributed by atoms with van der Waals surface area (Å²) in [5, 5.41) is 4.92. The summed E-state index contributed by atoms with van der Waals surface area (Å²) in [6, 6.07) is 0.488. The zero-order valence-corrected chi connectivity index (χ0v) is 12.5. The molecule has 7 heteroatoms. The lowest BCUT2D eigenvalue weighted by Crippen LogP contribution is -2.22. The molecular formula is C12H18ClN5S. The summed E-state index contributed by atoms with van der Waals surface area (Å²) in [6.45, 7) is 2.08. The molecule has 104 valence electrons. The predicted octanol–water partition coefficient (Wildman–Crippen LogP) is 2.22. The van der Waals surface area contributed by atoms with E-state index in [2.05, 4.69) is 21.2 Å². The molecule has 0 aliphatic carbocycles. The first-order valence-corrected chi connectivity index (χ1v) is 6.97. The van der Waals surface area contributed by atoms with Crippen molar-refractivity contribution >= 4 is 28.9 Å². The Bertz CT molecular complexity index is 538. The van der Waals surface area contributed by atoms with Gasteiger partial charge in [0.05, 0.1) is 6.20 Å². The second-order valence-electron chi connectivity index (χ2n) is 4.74. The molecule has 0 amide bonds. The normalized spacial score (nSPS) is 19.5. The summed E-state index contributed by atoms with van der Waals surface area (Å²) in [4.78, 5) is 7.84. The summed E-state index contributed by atoms with van der Waals surface area (Å²) in [5.41, 5.74) is 6.99. The predicted molar refractivity (Wildman–Crippen MR) is 79.4 cm³/mol. The SMILES string of the molecule is Cl.Cn1cc(C2CCCN2Cc2cnc(N)s2)cn1. The van der Waals surface area contributed by atoms with Gasteiger partial charge in [0.1, 0.15) is 0 Å². The van der Waals surface area contributed by atoms with Crippen molar-refractivity contribution in [1.82, 2.24) is 19.7 Å². The number of thiazole rings is 1. The van der Waals surface area contributed by atoms with Gasteiger partial charge in [-0.15, -0.1) is 23.7 Å². The average Bonchev–Trinajstić information content (AvgIpc) is 3.01. The van der Waals surface area contributed by atoms with E-state index >= 15 is 0 Å². The van der Waals surface area contributed by atoms with Crippen molar-refractivity contribution in [3.05, 3.63) is 29.0 Å². The molecule has 1 atom stereocenters. The Hall–Kier alpha value is -1.11. The molecule has 1 fully saturated rings. The molecule has 5 nitrogen and oxygen atoms in total. The van der Waals surface area contributed by atoms with Crippen molar-refractivity contribution in [2.45, 2.75) is 25.4 Å². The second kappa shape index (κ2) is 5.90. The van der Waals surface area contributed by atoms with Crippen molar-refractivity contribution in [3.63, 3.8) is 0 Å². The van der Waals surface area contributed by atoms with Crippen LogP contribution in [-0.2, 0) is 13.6 Å². The van der Waals surface area contributed by atoms with Gasteiger partial charge in [0.25, 0.3) is 0 Å². The largest absolute Gasteiger partial charge is 0.375 e. The Morgan fingerprint density at radius 3 is 2.95 bits per heavy atom. The zero-order chi connectivity index (χ0) is 12.5. The number of anilines is 1. The van der Waals surface area contributed by atoms with Crippen molar-refractivity contribution in [2.24, 2.45) is 7.05 Å². The molecule has 2 aromatic rings. The molecule has 1 saturated heterocycles. The van der Waals surface area contributed by atoms with E-state index in [0.29, 0.717) is 11.2 Å². The van der Waals surface area contributed by atoms with Gasteiger partial charge in [-0.1, -0.05) is 0 Å². The lowest BCUT2D eigenvalue weighted by Gasteiger charge is -2.22. The highest BCUT2D eigenvalue weighted by molar-refractivity contribution is 7.15. The summed E-state index contributed by atoms with van der Waals surface area (Å²) in [6.07, 6.45) is 8.43. The fraction of sp³-hybridized carbons (Fsp3) is 0.500. The van der Waals surface area contributed by atoms with Crippen LogP contribution in [0.15, 0.2) is 18.6 Å².